The van der Waals surface area contributed by atoms with Crippen molar-refractivity contribution < 1.29 is 19.0 Å². The minimum absolute atomic E-state index is 0.353. The van der Waals surface area contributed by atoms with Crippen LogP contribution >= 0.6 is 11.3 Å². The number of benzene rings is 3. The zero-order chi connectivity index (χ0) is 21.1. The van der Waals surface area contributed by atoms with Gasteiger partial charge in [-0.05, 0) is 42.5 Å². The first-order valence-corrected chi connectivity index (χ1v) is 10.0. The van der Waals surface area contributed by atoms with Crippen LogP contribution in [0.1, 0.15) is 10.4 Å². The summed E-state index contributed by atoms with van der Waals surface area (Å²) in [6.07, 6.45) is 0. The van der Waals surface area contributed by atoms with E-state index >= 15 is 0 Å². The first kappa shape index (κ1) is 19.7. The lowest BCUT2D eigenvalue weighted by Crippen LogP contribution is -2.13. The molecule has 3 aromatic carbocycles. The summed E-state index contributed by atoms with van der Waals surface area (Å²) in [5.74, 6) is 2.32. The molecular formula is C23H20N2O4S. The Kier molecular flexibility index (Phi) is 5.54. The van der Waals surface area contributed by atoms with Crippen molar-refractivity contribution >= 4 is 27.5 Å². The van der Waals surface area contributed by atoms with Crippen molar-refractivity contribution in [2.75, 3.05) is 14.2 Å². The van der Waals surface area contributed by atoms with E-state index in [1.807, 2.05) is 54.1 Å². The van der Waals surface area contributed by atoms with Crippen molar-refractivity contribution in [3.8, 4) is 23.0 Å². The minimum atomic E-state index is -0.353. The lowest BCUT2D eigenvalue weighted by Gasteiger charge is -2.07. The molecule has 0 bridgehead atoms. The number of rotatable bonds is 5. The first-order valence-electron chi connectivity index (χ1n) is 9.23. The molecule has 0 N–H and O–H groups in total. The lowest BCUT2D eigenvalue weighted by molar-refractivity contribution is 0.0997. The summed E-state index contributed by atoms with van der Waals surface area (Å²) in [7, 11) is 5.07. The monoisotopic (exact) mass is 420 g/mol. The van der Waals surface area contributed by atoms with Gasteiger partial charge in [-0.1, -0.05) is 35.6 Å². The SMILES string of the molecule is COc1ccc(OC)c2c1sc(=NC(=O)c1cccc(Oc3ccccc3)c1)n2C. The number of methoxy groups -OCH3 is 2. The topological polar surface area (TPSA) is 62.1 Å². The van der Waals surface area contributed by atoms with Gasteiger partial charge in [0.15, 0.2) is 4.80 Å². The molecular weight excluding hydrogens is 400 g/mol. The standard InChI is InChI=1S/C23H20N2O4S/c1-25-20-18(27-2)12-13-19(28-3)21(20)30-23(25)24-22(26)15-8-7-11-17(14-15)29-16-9-5-4-6-10-16/h4-14H,1-3H3. The average Bonchev–Trinajstić information content (AvgIpc) is 3.10. The number of aromatic nitrogens is 1. The second kappa shape index (κ2) is 8.42. The van der Waals surface area contributed by atoms with E-state index in [4.69, 9.17) is 14.2 Å². The van der Waals surface area contributed by atoms with Crippen LogP contribution in [0.3, 0.4) is 0 Å². The van der Waals surface area contributed by atoms with E-state index in [2.05, 4.69) is 4.99 Å². The Labute approximate surface area is 177 Å². The number of carbonyl (C=O) groups is 1. The molecule has 6 nitrogen and oxygen atoms in total. The quantitative estimate of drug-likeness (QED) is 0.466. The van der Waals surface area contributed by atoms with E-state index in [0.29, 0.717) is 33.4 Å². The summed E-state index contributed by atoms with van der Waals surface area (Å²) >= 11 is 1.37. The number of carbonyl (C=O) groups excluding carboxylic acids is 1. The van der Waals surface area contributed by atoms with Crippen LogP contribution in [0.5, 0.6) is 23.0 Å². The van der Waals surface area contributed by atoms with Gasteiger partial charge in [0.25, 0.3) is 5.91 Å². The second-order valence-corrected chi connectivity index (χ2v) is 7.43. The maximum atomic E-state index is 12.9. The summed E-state index contributed by atoms with van der Waals surface area (Å²) in [5, 5.41) is 0. The van der Waals surface area contributed by atoms with Gasteiger partial charge >= 0.3 is 0 Å². The number of hydrogen-bond donors (Lipinski definition) is 0. The third-order valence-electron chi connectivity index (χ3n) is 4.57. The zero-order valence-corrected chi connectivity index (χ0v) is 17.6. The molecule has 4 aromatic rings. The molecule has 0 unspecified atom stereocenters. The predicted molar refractivity (Wildman–Crippen MR) is 117 cm³/mol. The van der Waals surface area contributed by atoms with Gasteiger partial charge in [0, 0.05) is 12.6 Å². The van der Waals surface area contributed by atoms with Gasteiger partial charge in [0.2, 0.25) is 0 Å². The van der Waals surface area contributed by atoms with Gasteiger partial charge in [0.05, 0.1) is 14.2 Å². The molecule has 1 amide bonds. The Hall–Kier alpha value is -3.58. The molecule has 30 heavy (non-hydrogen) atoms. The van der Waals surface area contributed by atoms with Crippen LogP contribution in [-0.4, -0.2) is 24.7 Å². The largest absolute Gasteiger partial charge is 0.495 e. The van der Waals surface area contributed by atoms with Crippen LogP contribution in [0.15, 0.2) is 71.7 Å². The van der Waals surface area contributed by atoms with Crippen molar-refractivity contribution in [1.29, 1.82) is 0 Å². The highest BCUT2D eigenvalue weighted by atomic mass is 32.1. The number of nitrogens with zero attached hydrogens (tertiary/aromatic N) is 2. The van der Waals surface area contributed by atoms with Crippen molar-refractivity contribution in [3.63, 3.8) is 0 Å². The smallest absolute Gasteiger partial charge is 0.279 e. The Balaban J connectivity index is 1.72. The fraction of sp³-hybridized carbons (Fsp3) is 0.130. The molecule has 0 radical (unpaired) electrons. The highest BCUT2D eigenvalue weighted by Crippen LogP contribution is 2.34. The number of para-hydroxylation sites is 1. The summed E-state index contributed by atoms with van der Waals surface area (Å²) < 4.78 is 19.5. The molecule has 0 saturated heterocycles. The molecule has 7 heteroatoms. The van der Waals surface area contributed by atoms with Gasteiger partial charge in [-0.2, -0.15) is 4.99 Å². The normalized spacial score (nSPS) is 11.5. The van der Waals surface area contributed by atoms with Crippen LogP contribution in [0.2, 0.25) is 0 Å². The van der Waals surface area contributed by atoms with Gasteiger partial charge in [0.1, 0.15) is 33.2 Å². The van der Waals surface area contributed by atoms with Crippen molar-refractivity contribution in [2.24, 2.45) is 12.0 Å². The number of thiazole rings is 1. The molecule has 4 rings (SSSR count). The maximum Gasteiger partial charge on any atom is 0.279 e. The van der Waals surface area contributed by atoms with Gasteiger partial charge in [-0.25, -0.2) is 0 Å². The average molecular weight is 420 g/mol. The van der Waals surface area contributed by atoms with Gasteiger partial charge < -0.3 is 18.8 Å². The summed E-state index contributed by atoms with van der Waals surface area (Å²) in [6, 6.07) is 20.1. The second-order valence-electron chi connectivity index (χ2n) is 6.45. The van der Waals surface area contributed by atoms with Gasteiger partial charge in [-0.15, -0.1) is 0 Å². The third-order valence-corrected chi connectivity index (χ3v) is 5.72. The van der Waals surface area contributed by atoms with Crippen molar-refractivity contribution in [1.82, 2.24) is 4.57 Å². The van der Waals surface area contributed by atoms with Crippen LogP contribution < -0.4 is 19.0 Å². The van der Waals surface area contributed by atoms with E-state index < -0.39 is 0 Å². The zero-order valence-electron chi connectivity index (χ0n) is 16.8. The van der Waals surface area contributed by atoms with Gasteiger partial charge in [-0.3, -0.25) is 4.79 Å². The molecule has 0 atom stereocenters. The molecule has 0 spiro atoms. The van der Waals surface area contributed by atoms with Crippen molar-refractivity contribution in [2.45, 2.75) is 0 Å². The minimum Gasteiger partial charge on any atom is -0.495 e. The molecule has 0 fully saturated rings. The van der Waals surface area contributed by atoms with Crippen LogP contribution in [0.25, 0.3) is 10.2 Å². The van der Waals surface area contributed by atoms with Crippen LogP contribution in [0.4, 0.5) is 0 Å². The number of amides is 1. The highest BCUT2D eigenvalue weighted by Gasteiger charge is 2.15. The van der Waals surface area contributed by atoms with E-state index in [1.165, 1.54) is 11.3 Å². The fourth-order valence-electron chi connectivity index (χ4n) is 3.10. The molecule has 1 heterocycles. The molecule has 0 aliphatic carbocycles. The van der Waals surface area contributed by atoms with E-state index in [-0.39, 0.29) is 5.91 Å². The Morgan fingerprint density at radius 3 is 2.33 bits per heavy atom. The Morgan fingerprint density at radius 2 is 1.60 bits per heavy atom. The van der Waals surface area contributed by atoms with Crippen LogP contribution in [-0.2, 0) is 7.05 Å². The van der Waals surface area contributed by atoms with E-state index in [0.717, 1.165) is 10.2 Å². The molecule has 0 aliphatic rings. The molecule has 1 aromatic heterocycles. The predicted octanol–water partition coefficient (Wildman–Crippen LogP) is 4.79. The summed E-state index contributed by atoms with van der Waals surface area (Å²) in [5.41, 5.74) is 1.27. The van der Waals surface area contributed by atoms with E-state index in [9.17, 15) is 4.79 Å². The number of aryl methyl sites for hydroxylation is 1. The number of hydrogen-bond acceptors (Lipinski definition) is 5. The van der Waals surface area contributed by atoms with Crippen molar-refractivity contribution in [3.05, 3.63) is 77.1 Å². The van der Waals surface area contributed by atoms with Crippen LogP contribution in [0, 0.1) is 0 Å². The summed E-state index contributed by atoms with van der Waals surface area (Å²) in [4.78, 5) is 17.8. The maximum absolute atomic E-state index is 12.9. The van der Waals surface area contributed by atoms with E-state index in [1.54, 1.807) is 38.5 Å². The lowest BCUT2D eigenvalue weighted by atomic mass is 10.2. The first-order chi connectivity index (χ1) is 14.6. The highest BCUT2D eigenvalue weighted by molar-refractivity contribution is 7.16. The Bertz CT molecular complexity index is 1280. The molecule has 0 saturated carbocycles. The Morgan fingerprint density at radius 1 is 0.900 bits per heavy atom. The molecule has 152 valence electrons. The number of fused-ring (bicyclic) bond motifs is 1. The third kappa shape index (κ3) is 3.79. The fourth-order valence-corrected chi connectivity index (χ4v) is 4.22. The molecule has 0 aliphatic heterocycles. The number of ether oxygens (including phenoxy) is 3. The summed E-state index contributed by atoms with van der Waals surface area (Å²) in [6.45, 7) is 0.